The number of hydrogen-bond acceptors (Lipinski definition) is 4. The SMILES string of the molecule is Cc1cc2c(cc1NC(=O)N1CCCC(C(=O)O)C1)OCO2. The highest BCUT2D eigenvalue weighted by atomic mass is 16.7. The minimum absolute atomic E-state index is 0.179. The topological polar surface area (TPSA) is 88.1 Å². The number of anilines is 1. The lowest BCUT2D eigenvalue weighted by Crippen LogP contribution is -2.44. The van der Waals surface area contributed by atoms with E-state index < -0.39 is 11.9 Å². The number of aliphatic carboxylic acids is 1. The van der Waals surface area contributed by atoms with Crippen molar-refractivity contribution < 1.29 is 24.2 Å². The van der Waals surface area contributed by atoms with Gasteiger partial charge < -0.3 is 24.8 Å². The normalized spacial score (nSPS) is 19.9. The van der Waals surface area contributed by atoms with E-state index in [0.717, 1.165) is 5.56 Å². The Balaban J connectivity index is 1.70. The van der Waals surface area contributed by atoms with Crippen LogP contribution in [0.15, 0.2) is 12.1 Å². The first-order valence-corrected chi connectivity index (χ1v) is 7.23. The maximum Gasteiger partial charge on any atom is 0.321 e. The first kappa shape index (κ1) is 14.5. The Morgan fingerprint density at radius 3 is 2.77 bits per heavy atom. The molecule has 7 nitrogen and oxygen atoms in total. The van der Waals surface area contributed by atoms with E-state index in [4.69, 9.17) is 14.6 Å². The smallest absolute Gasteiger partial charge is 0.321 e. The molecule has 2 aliphatic rings. The van der Waals surface area contributed by atoms with Gasteiger partial charge in [-0.2, -0.15) is 0 Å². The number of aryl methyl sites for hydroxylation is 1. The molecule has 1 aromatic rings. The molecular formula is C15H18N2O5. The van der Waals surface area contributed by atoms with Gasteiger partial charge in [0.1, 0.15) is 0 Å². The zero-order valence-corrected chi connectivity index (χ0v) is 12.3. The minimum atomic E-state index is -0.850. The van der Waals surface area contributed by atoms with Crippen molar-refractivity contribution in [2.45, 2.75) is 19.8 Å². The Bertz CT molecular complexity index is 616. The van der Waals surface area contributed by atoms with Crippen LogP contribution >= 0.6 is 0 Å². The third-order valence-corrected chi connectivity index (χ3v) is 4.02. The van der Waals surface area contributed by atoms with Crippen molar-refractivity contribution >= 4 is 17.7 Å². The maximum atomic E-state index is 12.3. The van der Waals surface area contributed by atoms with Crippen LogP contribution in [-0.2, 0) is 4.79 Å². The van der Waals surface area contributed by atoms with E-state index in [1.54, 1.807) is 11.0 Å². The fraction of sp³-hybridized carbons (Fsp3) is 0.467. The number of likely N-dealkylation sites (tertiary alicyclic amines) is 1. The lowest BCUT2D eigenvalue weighted by atomic mass is 9.99. The number of benzene rings is 1. The Hall–Kier alpha value is -2.44. The predicted octanol–water partition coefficient (Wildman–Crippen LogP) is 2.05. The quantitative estimate of drug-likeness (QED) is 0.873. The molecule has 1 unspecified atom stereocenters. The molecule has 1 atom stereocenters. The zero-order valence-electron chi connectivity index (χ0n) is 12.3. The summed E-state index contributed by atoms with van der Waals surface area (Å²) in [6, 6.07) is 3.26. The van der Waals surface area contributed by atoms with Crippen molar-refractivity contribution in [1.82, 2.24) is 4.90 Å². The van der Waals surface area contributed by atoms with E-state index in [2.05, 4.69) is 5.32 Å². The molecular weight excluding hydrogens is 288 g/mol. The van der Waals surface area contributed by atoms with Crippen molar-refractivity contribution in [3.8, 4) is 11.5 Å². The van der Waals surface area contributed by atoms with Crippen molar-refractivity contribution in [2.75, 3.05) is 25.2 Å². The Morgan fingerprint density at radius 1 is 1.32 bits per heavy atom. The van der Waals surface area contributed by atoms with E-state index >= 15 is 0 Å². The number of carbonyl (C=O) groups is 2. The average Bonchev–Trinajstić information content (AvgIpc) is 2.94. The van der Waals surface area contributed by atoms with Crippen LogP contribution < -0.4 is 14.8 Å². The lowest BCUT2D eigenvalue weighted by molar-refractivity contribution is -0.143. The summed E-state index contributed by atoms with van der Waals surface area (Å²) < 4.78 is 10.6. The monoisotopic (exact) mass is 306 g/mol. The van der Waals surface area contributed by atoms with Gasteiger partial charge in [-0.25, -0.2) is 4.79 Å². The van der Waals surface area contributed by atoms with Gasteiger partial charge in [-0.3, -0.25) is 4.79 Å². The van der Waals surface area contributed by atoms with Crippen LogP contribution in [0.4, 0.5) is 10.5 Å². The van der Waals surface area contributed by atoms with Gasteiger partial charge in [0.25, 0.3) is 0 Å². The van der Waals surface area contributed by atoms with Gasteiger partial charge in [-0.05, 0) is 31.4 Å². The van der Waals surface area contributed by atoms with Crippen LogP contribution in [-0.4, -0.2) is 41.9 Å². The first-order chi connectivity index (χ1) is 10.5. The van der Waals surface area contributed by atoms with Crippen LogP contribution in [0.5, 0.6) is 11.5 Å². The summed E-state index contributed by atoms with van der Waals surface area (Å²) in [6.07, 6.45) is 1.31. The average molecular weight is 306 g/mol. The van der Waals surface area contributed by atoms with E-state index in [9.17, 15) is 9.59 Å². The highest BCUT2D eigenvalue weighted by Crippen LogP contribution is 2.36. The molecule has 2 heterocycles. The summed E-state index contributed by atoms with van der Waals surface area (Å²) in [5, 5.41) is 11.9. The number of nitrogens with one attached hydrogen (secondary N) is 1. The van der Waals surface area contributed by atoms with E-state index in [1.165, 1.54) is 0 Å². The molecule has 0 bridgehead atoms. The van der Waals surface area contributed by atoms with Gasteiger partial charge in [0.2, 0.25) is 6.79 Å². The molecule has 118 valence electrons. The maximum absolute atomic E-state index is 12.3. The second-order valence-corrected chi connectivity index (χ2v) is 5.57. The second kappa shape index (κ2) is 5.75. The summed E-state index contributed by atoms with van der Waals surface area (Å²) in [6.45, 7) is 2.86. The van der Waals surface area contributed by atoms with Crippen LogP contribution in [0.25, 0.3) is 0 Å². The molecule has 3 rings (SSSR count). The summed E-state index contributed by atoms with van der Waals surface area (Å²) in [4.78, 5) is 25.0. The van der Waals surface area contributed by atoms with Gasteiger partial charge in [0.05, 0.1) is 5.92 Å². The number of hydrogen-bond donors (Lipinski definition) is 2. The molecule has 0 aromatic heterocycles. The zero-order chi connectivity index (χ0) is 15.7. The highest BCUT2D eigenvalue weighted by Gasteiger charge is 2.28. The molecule has 0 saturated carbocycles. The standard InChI is InChI=1S/C15H18N2O5/c1-9-5-12-13(22-8-21-12)6-11(9)16-15(20)17-4-2-3-10(7-17)14(18)19/h5-6,10H,2-4,7-8H2,1H3,(H,16,20)(H,18,19). The third kappa shape index (κ3) is 2.79. The lowest BCUT2D eigenvalue weighted by Gasteiger charge is -2.30. The number of fused-ring (bicyclic) bond motifs is 1. The number of nitrogens with zero attached hydrogens (tertiary/aromatic N) is 1. The van der Waals surface area contributed by atoms with Gasteiger partial charge in [0, 0.05) is 24.8 Å². The molecule has 2 amide bonds. The third-order valence-electron chi connectivity index (χ3n) is 4.02. The van der Waals surface area contributed by atoms with Crippen LogP contribution in [0, 0.1) is 12.8 Å². The summed E-state index contributed by atoms with van der Waals surface area (Å²) in [7, 11) is 0. The van der Waals surface area contributed by atoms with Gasteiger partial charge >= 0.3 is 12.0 Å². The summed E-state index contributed by atoms with van der Waals surface area (Å²) in [5.74, 6) is -0.0727. The Kier molecular flexibility index (Phi) is 3.79. The van der Waals surface area contributed by atoms with Crippen molar-refractivity contribution in [1.29, 1.82) is 0 Å². The van der Waals surface area contributed by atoms with E-state index in [1.807, 2.05) is 13.0 Å². The Labute approximate surface area is 127 Å². The number of carboxylic acids is 1. The fourth-order valence-corrected chi connectivity index (χ4v) is 2.74. The number of piperidine rings is 1. The molecule has 1 aromatic carbocycles. The van der Waals surface area contributed by atoms with Crippen molar-refractivity contribution in [2.24, 2.45) is 5.92 Å². The number of amides is 2. The predicted molar refractivity (Wildman–Crippen MR) is 78.3 cm³/mol. The van der Waals surface area contributed by atoms with E-state index in [0.29, 0.717) is 36.6 Å². The molecule has 1 saturated heterocycles. The molecule has 2 aliphatic heterocycles. The van der Waals surface area contributed by atoms with Crippen molar-refractivity contribution in [3.63, 3.8) is 0 Å². The fourth-order valence-electron chi connectivity index (χ4n) is 2.74. The van der Waals surface area contributed by atoms with Crippen LogP contribution in [0.2, 0.25) is 0 Å². The first-order valence-electron chi connectivity index (χ1n) is 7.23. The molecule has 2 N–H and O–H groups in total. The summed E-state index contributed by atoms with van der Waals surface area (Å²) >= 11 is 0. The highest BCUT2D eigenvalue weighted by molar-refractivity contribution is 5.91. The van der Waals surface area contributed by atoms with Crippen molar-refractivity contribution in [3.05, 3.63) is 17.7 Å². The number of carboxylic acid groups (broad SMARTS) is 1. The summed E-state index contributed by atoms with van der Waals surface area (Å²) in [5.41, 5.74) is 1.51. The van der Waals surface area contributed by atoms with Gasteiger partial charge in [0.15, 0.2) is 11.5 Å². The molecule has 0 aliphatic carbocycles. The minimum Gasteiger partial charge on any atom is -0.481 e. The number of rotatable bonds is 2. The molecule has 1 fully saturated rings. The molecule has 22 heavy (non-hydrogen) atoms. The van der Waals surface area contributed by atoms with Gasteiger partial charge in [-0.15, -0.1) is 0 Å². The number of urea groups is 1. The van der Waals surface area contributed by atoms with Gasteiger partial charge in [-0.1, -0.05) is 0 Å². The second-order valence-electron chi connectivity index (χ2n) is 5.57. The number of carbonyl (C=O) groups excluding carboxylic acids is 1. The number of ether oxygens (including phenoxy) is 2. The van der Waals surface area contributed by atoms with Crippen LogP contribution in [0.3, 0.4) is 0 Å². The molecule has 0 radical (unpaired) electrons. The largest absolute Gasteiger partial charge is 0.481 e. The molecule has 0 spiro atoms. The Morgan fingerprint density at radius 2 is 2.05 bits per heavy atom. The van der Waals surface area contributed by atoms with E-state index in [-0.39, 0.29) is 19.4 Å². The molecule has 7 heteroatoms. The van der Waals surface area contributed by atoms with Crippen LogP contribution in [0.1, 0.15) is 18.4 Å².